The van der Waals surface area contributed by atoms with E-state index in [1.54, 1.807) is 6.92 Å². The Morgan fingerprint density at radius 3 is 2.12 bits per heavy atom. The maximum atomic E-state index is 13.0. The van der Waals surface area contributed by atoms with Gasteiger partial charge in [-0.05, 0) is 12.3 Å². The average molecular weight is 485 g/mol. The molecule has 0 bridgehead atoms. The van der Waals surface area contributed by atoms with Crippen LogP contribution in [0, 0.1) is 5.92 Å². The molecule has 0 aliphatic rings. The van der Waals surface area contributed by atoms with Crippen LogP contribution in [0.15, 0.2) is 12.5 Å². The molecule has 0 fully saturated rings. The van der Waals surface area contributed by atoms with Crippen molar-refractivity contribution in [3.63, 3.8) is 0 Å². The molecular weight excluding hydrogens is 452 g/mol. The first-order valence-electron chi connectivity index (χ1n) is 10.7. The highest BCUT2D eigenvalue weighted by atomic mass is 16.4. The second-order valence-electron chi connectivity index (χ2n) is 7.83. The van der Waals surface area contributed by atoms with Crippen LogP contribution >= 0.6 is 0 Å². The second kappa shape index (κ2) is 13.9. The van der Waals surface area contributed by atoms with Crippen LogP contribution in [0.4, 0.5) is 0 Å². The first-order chi connectivity index (χ1) is 16.0. The Kier molecular flexibility index (Phi) is 11.7. The van der Waals surface area contributed by atoms with Crippen LogP contribution < -0.4 is 21.7 Å². The van der Waals surface area contributed by atoms with Crippen molar-refractivity contribution in [1.82, 2.24) is 25.9 Å². The van der Waals surface area contributed by atoms with Gasteiger partial charge in [-0.2, -0.15) is 0 Å². The minimum Gasteiger partial charge on any atom is -0.481 e. The van der Waals surface area contributed by atoms with Gasteiger partial charge in [0.2, 0.25) is 17.7 Å². The smallest absolute Gasteiger partial charge is 0.328 e. The number of aromatic nitrogens is 2. The molecule has 9 N–H and O–H groups in total. The number of nitrogens with one attached hydrogen (secondary N) is 4. The number of aliphatic hydroxyl groups excluding tert-OH is 1. The fourth-order valence-electron chi connectivity index (χ4n) is 2.87. The van der Waals surface area contributed by atoms with E-state index in [1.165, 1.54) is 12.5 Å². The summed E-state index contributed by atoms with van der Waals surface area (Å²) in [7, 11) is 0. The van der Waals surface area contributed by atoms with E-state index in [9.17, 15) is 29.1 Å². The normalized spacial score (nSPS) is 15.3. The van der Waals surface area contributed by atoms with Gasteiger partial charge >= 0.3 is 11.9 Å². The van der Waals surface area contributed by atoms with Crippen molar-refractivity contribution < 1.29 is 39.3 Å². The van der Waals surface area contributed by atoms with E-state index in [0.717, 1.165) is 0 Å². The molecule has 1 aromatic heterocycles. The van der Waals surface area contributed by atoms with Crippen molar-refractivity contribution in [3.8, 4) is 0 Å². The van der Waals surface area contributed by atoms with E-state index in [-0.39, 0.29) is 18.8 Å². The number of rotatable bonds is 15. The number of aromatic amines is 1. The van der Waals surface area contributed by atoms with Crippen LogP contribution in [0.25, 0.3) is 0 Å². The van der Waals surface area contributed by atoms with Crippen molar-refractivity contribution in [2.45, 2.75) is 63.7 Å². The number of nitrogens with two attached hydrogens (primary N) is 1. The highest BCUT2D eigenvalue weighted by molar-refractivity contribution is 5.94. The molecule has 0 aliphatic heterocycles. The number of imidazole rings is 1. The summed E-state index contributed by atoms with van der Waals surface area (Å²) >= 11 is 0. The van der Waals surface area contributed by atoms with Gasteiger partial charge in [-0.3, -0.25) is 19.2 Å². The molecule has 5 unspecified atom stereocenters. The summed E-state index contributed by atoms with van der Waals surface area (Å²) in [6, 6.07) is -5.18. The standard InChI is InChI=1S/C20H32N6O8/c1-3-10(2)16(21)19(32)24-12(4-5-15(28)29)17(30)25-13(6-11-7-22-9-23-11)18(31)26-14(8-27)20(33)34/h7,9-10,12-14,16,27H,3-6,8,21H2,1-2H3,(H,22,23)(H,24,32)(H,25,30)(H,26,31)(H,28,29)(H,33,34). The number of carbonyl (C=O) groups excluding carboxylic acids is 3. The number of carbonyl (C=O) groups is 5. The van der Waals surface area contributed by atoms with Gasteiger partial charge in [-0.15, -0.1) is 0 Å². The Morgan fingerprint density at radius 2 is 1.62 bits per heavy atom. The summed E-state index contributed by atoms with van der Waals surface area (Å²) in [6.07, 6.45) is 2.49. The number of amides is 3. The van der Waals surface area contributed by atoms with E-state index >= 15 is 0 Å². The Labute approximate surface area is 195 Å². The quantitative estimate of drug-likeness (QED) is 0.133. The average Bonchev–Trinajstić information content (AvgIpc) is 3.30. The zero-order valence-electron chi connectivity index (χ0n) is 19.0. The predicted octanol–water partition coefficient (Wildman–Crippen LogP) is -2.28. The topological polar surface area (TPSA) is 237 Å². The lowest BCUT2D eigenvalue weighted by atomic mass is 9.98. The third-order valence-electron chi connectivity index (χ3n) is 5.25. The van der Waals surface area contributed by atoms with E-state index < -0.39 is 66.9 Å². The molecule has 14 nitrogen and oxygen atoms in total. The molecule has 190 valence electrons. The molecular formula is C20H32N6O8. The number of carboxylic acids is 2. The lowest BCUT2D eigenvalue weighted by Gasteiger charge is -2.25. The van der Waals surface area contributed by atoms with Crippen LogP contribution in [0.3, 0.4) is 0 Å². The highest BCUT2D eigenvalue weighted by Crippen LogP contribution is 2.08. The molecule has 1 heterocycles. The van der Waals surface area contributed by atoms with Crippen LogP contribution in [-0.4, -0.2) is 85.7 Å². The summed E-state index contributed by atoms with van der Waals surface area (Å²) < 4.78 is 0. The summed E-state index contributed by atoms with van der Waals surface area (Å²) in [5.41, 5.74) is 6.33. The zero-order chi connectivity index (χ0) is 25.8. The van der Waals surface area contributed by atoms with E-state index in [0.29, 0.717) is 12.1 Å². The van der Waals surface area contributed by atoms with Gasteiger partial charge in [0.1, 0.15) is 18.1 Å². The number of carboxylic acid groups (broad SMARTS) is 2. The van der Waals surface area contributed by atoms with E-state index in [2.05, 4.69) is 25.9 Å². The Morgan fingerprint density at radius 1 is 1.03 bits per heavy atom. The number of hydrogen-bond donors (Lipinski definition) is 8. The summed E-state index contributed by atoms with van der Waals surface area (Å²) in [4.78, 5) is 66.9. The maximum Gasteiger partial charge on any atom is 0.328 e. The lowest BCUT2D eigenvalue weighted by molar-refractivity contribution is -0.143. The zero-order valence-corrected chi connectivity index (χ0v) is 19.0. The van der Waals surface area contributed by atoms with Gasteiger partial charge in [0.05, 0.1) is 19.0 Å². The summed E-state index contributed by atoms with van der Waals surface area (Å²) in [5.74, 6) is -5.30. The van der Waals surface area contributed by atoms with Gasteiger partial charge in [0, 0.05) is 24.7 Å². The lowest BCUT2D eigenvalue weighted by Crippen LogP contribution is -2.58. The molecule has 1 aromatic rings. The summed E-state index contributed by atoms with van der Waals surface area (Å²) in [6.45, 7) is 2.71. The molecule has 0 spiro atoms. The number of aliphatic hydroxyl groups is 1. The number of hydrogen-bond acceptors (Lipinski definition) is 8. The predicted molar refractivity (Wildman–Crippen MR) is 117 cm³/mol. The molecule has 0 saturated carbocycles. The Bertz CT molecular complexity index is 846. The van der Waals surface area contributed by atoms with Crippen LogP contribution in [0.2, 0.25) is 0 Å². The largest absolute Gasteiger partial charge is 0.481 e. The SMILES string of the molecule is CCC(C)C(N)C(=O)NC(CCC(=O)O)C(=O)NC(Cc1cnc[nH]1)C(=O)NC(CO)C(=O)O. The minimum absolute atomic E-state index is 0.124. The Balaban J connectivity index is 3.06. The molecule has 3 amide bonds. The molecule has 5 atom stereocenters. The molecule has 0 radical (unpaired) electrons. The first kappa shape index (κ1) is 28.5. The second-order valence-corrected chi connectivity index (χ2v) is 7.83. The van der Waals surface area contributed by atoms with Gasteiger partial charge in [0.15, 0.2) is 0 Å². The van der Waals surface area contributed by atoms with Gasteiger partial charge < -0.3 is 42.0 Å². The fraction of sp³-hybridized carbons (Fsp3) is 0.600. The van der Waals surface area contributed by atoms with Crippen molar-refractivity contribution in [2.75, 3.05) is 6.61 Å². The molecule has 0 aliphatic carbocycles. The number of nitrogens with zero attached hydrogens (tertiary/aromatic N) is 1. The van der Waals surface area contributed by atoms with Gasteiger partial charge in [0.25, 0.3) is 0 Å². The van der Waals surface area contributed by atoms with Crippen molar-refractivity contribution in [3.05, 3.63) is 18.2 Å². The van der Waals surface area contributed by atoms with E-state index in [1.807, 2.05) is 6.92 Å². The maximum absolute atomic E-state index is 13.0. The van der Waals surface area contributed by atoms with Crippen LogP contribution in [-0.2, 0) is 30.4 Å². The molecule has 34 heavy (non-hydrogen) atoms. The Hall–Kier alpha value is -3.52. The fourth-order valence-corrected chi connectivity index (χ4v) is 2.87. The number of aliphatic carboxylic acids is 2. The first-order valence-corrected chi connectivity index (χ1v) is 10.7. The minimum atomic E-state index is -1.61. The molecule has 1 rings (SSSR count). The molecule has 14 heteroatoms. The van der Waals surface area contributed by atoms with Crippen molar-refractivity contribution in [1.29, 1.82) is 0 Å². The summed E-state index contributed by atoms with van der Waals surface area (Å²) in [5, 5.41) is 34.2. The van der Waals surface area contributed by atoms with Crippen LogP contribution in [0.1, 0.15) is 38.8 Å². The monoisotopic (exact) mass is 484 g/mol. The highest BCUT2D eigenvalue weighted by Gasteiger charge is 2.31. The molecule has 0 aromatic carbocycles. The van der Waals surface area contributed by atoms with Crippen molar-refractivity contribution in [2.24, 2.45) is 11.7 Å². The van der Waals surface area contributed by atoms with E-state index in [4.69, 9.17) is 15.9 Å². The van der Waals surface area contributed by atoms with Gasteiger partial charge in [-0.1, -0.05) is 20.3 Å². The van der Waals surface area contributed by atoms with Crippen molar-refractivity contribution >= 4 is 29.7 Å². The third kappa shape index (κ3) is 9.15. The molecule has 0 saturated heterocycles. The number of H-pyrrole nitrogens is 1. The van der Waals surface area contributed by atoms with Crippen LogP contribution in [0.5, 0.6) is 0 Å². The van der Waals surface area contributed by atoms with Gasteiger partial charge in [-0.25, -0.2) is 9.78 Å². The third-order valence-corrected chi connectivity index (χ3v) is 5.25.